The number of rotatable bonds is 2. The number of nitrogens with zero attached hydrogens (tertiary/aromatic N) is 1. The molecule has 0 N–H and O–H groups in total. The van der Waals surface area contributed by atoms with Crippen molar-refractivity contribution in [2.45, 2.75) is 47.0 Å². The van der Waals surface area contributed by atoms with Crippen molar-refractivity contribution < 1.29 is 9.53 Å². The summed E-state index contributed by atoms with van der Waals surface area (Å²) in [4.78, 5) is 11.9. The van der Waals surface area contributed by atoms with Gasteiger partial charge in [-0.15, -0.1) is 0 Å². The van der Waals surface area contributed by atoms with Crippen molar-refractivity contribution in [2.24, 2.45) is 16.7 Å². The zero-order valence-corrected chi connectivity index (χ0v) is 11.7. The van der Waals surface area contributed by atoms with E-state index in [1.54, 1.807) is 6.92 Å². The van der Waals surface area contributed by atoms with Crippen LogP contribution in [-0.4, -0.2) is 12.6 Å². The van der Waals surface area contributed by atoms with Crippen molar-refractivity contribution in [3.8, 4) is 6.07 Å². The number of carbonyl (C=O) groups excluding carboxylic acids is 1. The third-order valence-corrected chi connectivity index (χ3v) is 5.45. The Labute approximate surface area is 109 Å². The van der Waals surface area contributed by atoms with Crippen LogP contribution in [-0.2, 0) is 9.53 Å². The van der Waals surface area contributed by atoms with E-state index in [9.17, 15) is 10.1 Å². The minimum Gasteiger partial charge on any atom is -0.462 e. The number of esters is 1. The first-order chi connectivity index (χ1) is 8.38. The van der Waals surface area contributed by atoms with Crippen LogP contribution in [0.1, 0.15) is 47.0 Å². The summed E-state index contributed by atoms with van der Waals surface area (Å²) in [6, 6.07) is 2.08. The molecular formula is C15H21NO2. The van der Waals surface area contributed by atoms with E-state index in [1.165, 1.54) is 6.42 Å². The Morgan fingerprint density at radius 3 is 2.56 bits per heavy atom. The molecule has 0 amide bonds. The number of hydrogen-bond acceptors (Lipinski definition) is 3. The highest BCUT2D eigenvalue weighted by molar-refractivity contribution is 5.94. The molecule has 2 saturated carbocycles. The Bertz CT molecular complexity index is 456. The van der Waals surface area contributed by atoms with Gasteiger partial charge in [-0.3, -0.25) is 0 Å². The van der Waals surface area contributed by atoms with E-state index in [1.807, 2.05) is 0 Å². The fourth-order valence-corrected chi connectivity index (χ4v) is 3.78. The summed E-state index contributed by atoms with van der Waals surface area (Å²) < 4.78 is 5.01. The first-order valence-corrected chi connectivity index (χ1v) is 6.69. The SMILES string of the molecule is CCOC(=O)/C(C#N)=C1/C[C@H]2CC[C@@]1(C)C2(C)C. The predicted molar refractivity (Wildman–Crippen MR) is 68.5 cm³/mol. The highest BCUT2D eigenvalue weighted by Gasteiger charge is 2.60. The van der Waals surface area contributed by atoms with Gasteiger partial charge in [0, 0.05) is 0 Å². The molecule has 3 nitrogen and oxygen atoms in total. The lowest BCUT2D eigenvalue weighted by atomic mass is 9.68. The van der Waals surface area contributed by atoms with E-state index in [-0.39, 0.29) is 16.4 Å². The van der Waals surface area contributed by atoms with Gasteiger partial charge in [-0.25, -0.2) is 4.79 Å². The summed E-state index contributed by atoms with van der Waals surface area (Å²) in [7, 11) is 0. The van der Waals surface area contributed by atoms with Crippen LogP contribution in [0.15, 0.2) is 11.1 Å². The van der Waals surface area contributed by atoms with Crippen LogP contribution in [0.2, 0.25) is 0 Å². The molecule has 2 aliphatic rings. The van der Waals surface area contributed by atoms with Gasteiger partial charge in [0.2, 0.25) is 0 Å². The first-order valence-electron chi connectivity index (χ1n) is 6.69. The second-order valence-corrected chi connectivity index (χ2v) is 6.18. The van der Waals surface area contributed by atoms with Crippen molar-refractivity contribution in [1.29, 1.82) is 5.26 Å². The second-order valence-electron chi connectivity index (χ2n) is 6.18. The third-order valence-electron chi connectivity index (χ3n) is 5.45. The average Bonchev–Trinajstić information content (AvgIpc) is 2.63. The van der Waals surface area contributed by atoms with E-state index >= 15 is 0 Å². The van der Waals surface area contributed by atoms with Gasteiger partial charge < -0.3 is 4.74 Å². The number of ether oxygens (including phenoxy) is 1. The van der Waals surface area contributed by atoms with Crippen molar-refractivity contribution in [2.75, 3.05) is 6.61 Å². The maximum absolute atomic E-state index is 11.9. The lowest BCUT2D eigenvalue weighted by molar-refractivity contribution is -0.138. The summed E-state index contributed by atoms with van der Waals surface area (Å²) in [5.74, 6) is 0.148. The summed E-state index contributed by atoms with van der Waals surface area (Å²) in [6.07, 6.45) is 3.16. The van der Waals surface area contributed by atoms with Gasteiger partial charge in [0.05, 0.1) is 6.61 Å². The molecule has 0 saturated heterocycles. The second kappa shape index (κ2) is 4.12. The van der Waals surface area contributed by atoms with Crippen LogP contribution in [0, 0.1) is 28.1 Å². The summed E-state index contributed by atoms with van der Waals surface area (Å²) in [5, 5.41) is 9.29. The molecule has 2 aliphatic carbocycles. The highest BCUT2D eigenvalue weighted by atomic mass is 16.5. The zero-order chi connectivity index (χ0) is 13.6. The fraction of sp³-hybridized carbons (Fsp3) is 0.733. The minimum atomic E-state index is -0.445. The summed E-state index contributed by atoms with van der Waals surface area (Å²) >= 11 is 0. The zero-order valence-electron chi connectivity index (χ0n) is 11.7. The molecule has 0 heterocycles. The summed E-state index contributed by atoms with van der Waals surface area (Å²) in [5.41, 5.74) is 1.45. The van der Waals surface area contributed by atoms with Gasteiger partial charge >= 0.3 is 5.97 Å². The van der Waals surface area contributed by atoms with Gasteiger partial charge in [-0.1, -0.05) is 20.8 Å². The number of carbonyl (C=O) groups is 1. The maximum Gasteiger partial charge on any atom is 0.348 e. The monoisotopic (exact) mass is 247 g/mol. The summed E-state index contributed by atoms with van der Waals surface area (Å²) in [6.45, 7) is 8.81. The molecule has 0 aliphatic heterocycles. The predicted octanol–water partition coefficient (Wildman–Crippen LogP) is 3.22. The lowest BCUT2D eigenvalue weighted by Crippen LogP contribution is -2.29. The molecule has 2 bridgehead atoms. The molecule has 2 atom stereocenters. The number of nitriles is 1. The fourth-order valence-electron chi connectivity index (χ4n) is 3.78. The Kier molecular flexibility index (Phi) is 3.01. The number of fused-ring (bicyclic) bond motifs is 2. The Balaban J connectivity index is 2.46. The molecule has 0 spiro atoms. The molecule has 3 heteroatoms. The molecule has 98 valence electrons. The molecule has 0 unspecified atom stereocenters. The molecule has 0 radical (unpaired) electrons. The van der Waals surface area contributed by atoms with E-state index < -0.39 is 5.97 Å². The van der Waals surface area contributed by atoms with Gasteiger partial charge in [-0.2, -0.15) is 5.26 Å². The molecular weight excluding hydrogens is 226 g/mol. The van der Waals surface area contributed by atoms with Crippen LogP contribution >= 0.6 is 0 Å². The van der Waals surface area contributed by atoms with E-state index in [4.69, 9.17) is 4.74 Å². The van der Waals surface area contributed by atoms with Crippen LogP contribution in [0.3, 0.4) is 0 Å². The van der Waals surface area contributed by atoms with Crippen LogP contribution < -0.4 is 0 Å². The third kappa shape index (κ3) is 1.51. The molecule has 18 heavy (non-hydrogen) atoms. The standard InChI is InChI=1S/C15H21NO2/c1-5-18-13(17)11(9-16)12-8-10-6-7-15(12,4)14(10,2)3/h10H,5-8H2,1-4H3/b12-11-/t10-,15-/m1/s1. The smallest absolute Gasteiger partial charge is 0.348 e. The van der Waals surface area contributed by atoms with E-state index in [0.29, 0.717) is 12.5 Å². The van der Waals surface area contributed by atoms with Crippen molar-refractivity contribution in [1.82, 2.24) is 0 Å². The molecule has 0 aromatic heterocycles. The van der Waals surface area contributed by atoms with Crippen molar-refractivity contribution >= 4 is 5.97 Å². The Morgan fingerprint density at radius 2 is 2.17 bits per heavy atom. The molecule has 0 aromatic carbocycles. The van der Waals surface area contributed by atoms with Gasteiger partial charge in [-0.05, 0) is 48.5 Å². The van der Waals surface area contributed by atoms with Crippen LogP contribution in [0.25, 0.3) is 0 Å². The molecule has 2 fully saturated rings. The maximum atomic E-state index is 11.9. The van der Waals surface area contributed by atoms with Gasteiger partial charge in [0.1, 0.15) is 11.6 Å². The lowest BCUT2D eigenvalue weighted by Gasteiger charge is -2.35. The average molecular weight is 247 g/mol. The molecule has 2 rings (SSSR count). The van der Waals surface area contributed by atoms with Crippen molar-refractivity contribution in [3.05, 3.63) is 11.1 Å². The Morgan fingerprint density at radius 1 is 1.50 bits per heavy atom. The largest absolute Gasteiger partial charge is 0.462 e. The van der Waals surface area contributed by atoms with Crippen LogP contribution in [0.5, 0.6) is 0 Å². The highest BCUT2D eigenvalue weighted by Crippen LogP contribution is 2.68. The normalized spacial score (nSPS) is 35.2. The van der Waals surface area contributed by atoms with E-state index in [2.05, 4.69) is 26.8 Å². The minimum absolute atomic E-state index is 0.0184. The number of allylic oxidation sites excluding steroid dienone is 1. The topological polar surface area (TPSA) is 50.1 Å². The van der Waals surface area contributed by atoms with Crippen molar-refractivity contribution in [3.63, 3.8) is 0 Å². The first kappa shape index (κ1) is 13.1. The van der Waals surface area contributed by atoms with Gasteiger partial charge in [0.15, 0.2) is 0 Å². The Hall–Kier alpha value is -1.30. The quantitative estimate of drug-likeness (QED) is 0.427. The molecule has 0 aromatic rings. The van der Waals surface area contributed by atoms with Gasteiger partial charge in [0.25, 0.3) is 0 Å². The van der Waals surface area contributed by atoms with Crippen LogP contribution in [0.4, 0.5) is 0 Å². The number of hydrogen-bond donors (Lipinski definition) is 0. The van der Waals surface area contributed by atoms with E-state index in [0.717, 1.165) is 18.4 Å².